The number of ether oxygens (including phenoxy) is 1. The molecule has 0 bridgehead atoms. The Morgan fingerprint density at radius 1 is 0.842 bits per heavy atom. The molecule has 0 aromatic carbocycles. The van der Waals surface area contributed by atoms with E-state index in [1.807, 2.05) is 0 Å². The third kappa shape index (κ3) is 44.9. The summed E-state index contributed by atoms with van der Waals surface area (Å²) < 4.78 is 4.94. The normalized spacial score (nSPS) is 11.4. The molecule has 0 N–H and O–H groups in total. The summed E-state index contributed by atoms with van der Waals surface area (Å²) in [4.78, 5) is 0. The van der Waals surface area contributed by atoms with E-state index in [9.17, 15) is 0 Å². The van der Waals surface area contributed by atoms with Crippen LogP contribution in [0.4, 0.5) is 0 Å². The van der Waals surface area contributed by atoms with Gasteiger partial charge >= 0.3 is 46.1 Å². The maximum Gasteiger partial charge on any atom is 2.00 e. The molecule has 0 aliphatic carbocycles. The Morgan fingerprint density at radius 3 is 1.32 bits per heavy atom. The second-order valence-electron chi connectivity index (χ2n) is 3.30. The van der Waals surface area contributed by atoms with E-state index in [0.29, 0.717) is 0 Å². The van der Waals surface area contributed by atoms with Gasteiger partial charge in [0, 0.05) is 29.2 Å². The molecule has 0 aromatic heterocycles. The summed E-state index contributed by atoms with van der Waals surface area (Å²) in [5.41, 5.74) is 0. The minimum atomic E-state index is 0. The average molecular weight is 555 g/mol. The first-order chi connectivity index (χ1) is 7.83. The van der Waals surface area contributed by atoms with Gasteiger partial charge in [-0.25, -0.2) is 0 Å². The van der Waals surface area contributed by atoms with Crippen molar-refractivity contribution in [1.82, 2.24) is 0 Å². The molecule has 1 fully saturated rings. The Balaban J connectivity index is -0.0000000251. The second-order valence-corrected chi connectivity index (χ2v) is 5.68. The summed E-state index contributed by atoms with van der Waals surface area (Å²) >= 11 is 9.93. The molecule has 1 aliphatic rings. The van der Waals surface area contributed by atoms with Gasteiger partial charge in [0.1, 0.15) is 0 Å². The van der Waals surface area contributed by atoms with E-state index < -0.39 is 0 Å². The fourth-order valence-electron chi connectivity index (χ4n) is 0.794. The molecule has 0 spiro atoms. The van der Waals surface area contributed by atoms with E-state index in [-0.39, 0.29) is 65.9 Å². The van der Waals surface area contributed by atoms with Crippen LogP contribution < -0.4 is 17.0 Å². The number of rotatable bonds is 5. The van der Waals surface area contributed by atoms with Crippen LogP contribution in [0.15, 0.2) is 0 Å². The van der Waals surface area contributed by atoms with E-state index in [1.54, 1.807) is 0 Å². The molecule has 0 unspecified atom stereocenters. The second kappa shape index (κ2) is 37.6. The van der Waals surface area contributed by atoms with Crippen LogP contribution >= 0.6 is 47.8 Å². The van der Waals surface area contributed by atoms with Gasteiger partial charge in [-0.1, -0.05) is 54.2 Å². The summed E-state index contributed by atoms with van der Waals surface area (Å²) in [7, 11) is 0. The molecule has 0 amide bonds. The van der Waals surface area contributed by atoms with Crippen LogP contribution in [0.1, 0.15) is 41.4 Å². The van der Waals surface area contributed by atoms with E-state index >= 15 is 0 Å². The number of hydrogen-bond acceptors (Lipinski definition) is 1. The first kappa shape index (κ1) is 33.9. The number of unbranched alkanes of at least 4 members (excludes halogenated alkanes) is 2. The van der Waals surface area contributed by atoms with Gasteiger partial charge in [-0.05, 0) is 25.7 Å². The third-order valence-electron chi connectivity index (χ3n) is 1.73. The number of hydrogen-bond donors (Lipinski definition) is 0. The van der Waals surface area contributed by atoms with Crippen LogP contribution in [-0.4, -0.2) is 75.3 Å². The van der Waals surface area contributed by atoms with Crippen molar-refractivity contribution in [2.45, 2.75) is 38.5 Å². The van der Waals surface area contributed by atoms with Crippen molar-refractivity contribution in [3.8, 4) is 0 Å². The van der Waals surface area contributed by atoms with Crippen molar-refractivity contribution < 1.29 is 24.6 Å². The minimum Gasteiger partial charge on any atom is -1.00 e. The van der Waals surface area contributed by atoms with Gasteiger partial charge in [-0.2, -0.15) is 6.42 Å². The van der Waals surface area contributed by atoms with Crippen LogP contribution in [0.5, 0.6) is 0 Å². The van der Waals surface area contributed by atoms with Crippen molar-refractivity contribution in [1.29, 1.82) is 0 Å². The molecule has 0 aromatic rings. The fourth-order valence-corrected chi connectivity index (χ4v) is 1.98. The smallest absolute Gasteiger partial charge is 1.00 e. The van der Waals surface area contributed by atoms with Gasteiger partial charge in [-0.3, -0.25) is 0 Å². The summed E-state index contributed by atoms with van der Waals surface area (Å²) in [5.74, 6) is 0. The monoisotopic (exact) mass is 550 g/mol. The van der Waals surface area contributed by atoms with Crippen LogP contribution in [0.3, 0.4) is 0 Å². The zero-order valence-corrected chi connectivity index (χ0v) is 21.0. The maximum atomic E-state index is 4.94. The molecule has 112 valence electrons. The van der Waals surface area contributed by atoms with Crippen molar-refractivity contribution in [3.63, 3.8) is 0 Å². The summed E-state index contributed by atoms with van der Waals surface area (Å²) in [6.07, 6.45) is 7.36. The van der Waals surface area contributed by atoms with Gasteiger partial charge in [0.05, 0.1) is 0 Å². The summed E-state index contributed by atoms with van der Waals surface area (Å²) in [5, 5.41) is 3.37. The quantitative estimate of drug-likeness (QED) is 0.218. The largest absolute Gasteiger partial charge is 2.00 e. The molecular formula is C12H26Br4Mg2O. The topological polar surface area (TPSA) is 9.23 Å². The van der Waals surface area contributed by atoms with Crippen molar-refractivity contribution in [3.05, 3.63) is 6.92 Å². The van der Waals surface area contributed by atoms with Crippen molar-refractivity contribution in [2.75, 3.05) is 29.2 Å². The fraction of sp³-hybridized carbons (Fsp3) is 0.917. The molecular weight excluding hydrogens is 528 g/mol. The van der Waals surface area contributed by atoms with E-state index in [0.717, 1.165) is 35.6 Å². The molecule has 19 heavy (non-hydrogen) atoms. The molecule has 0 radical (unpaired) electrons. The van der Waals surface area contributed by atoms with E-state index in [2.05, 4.69) is 54.7 Å². The predicted molar refractivity (Wildman–Crippen MR) is 99.0 cm³/mol. The molecule has 1 aliphatic heterocycles. The molecule has 7 heteroatoms. The van der Waals surface area contributed by atoms with E-state index in [4.69, 9.17) is 4.74 Å². The molecule has 0 atom stereocenters. The van der Waals surface area contributed by atoms with Gasteiger partial charge in [-0.15, -0.1) is 0 Å². The van der Waals surface area contributed by atoms with Crippen LogP contribution in [0, 0.1) is 6.92 Å². The number of halogens is 4. The first-order valence-corrected chi connectivity index (χ1v) is 9.24. The van der Waals surface area contributed by atoms with E-state index in [1.165, 1.54) is 32.1 Å². The Hall–Kier alpha value is 3.41. The molecule has 0 saturated carbocycles. The Kier molecular flexibility index (Phi) is 67.0. The molecule has 1 nitrogen and oxygen atoms in total. The van der Waals surface area contributed by atoms with Crippen LogP contribution in [-0.2, 0) is 4.74 Å². The van der Waals surface area contributed by atoms with Gasteiger partial charge in [0.25, 0.3) is 0 Å². The Labute approximate surface area is 190 Å². The van der Waals surface area contributed by atoms with Crippen molar-refractivity contribution in [2.24, 2.45) is 0 Å². The zero-order valence-electron chi connectivity index (χ0n) is 13.8. The molecule has 1 heterocycles. The minimum absolute atomic E-state index is 0. The van der Waals surface area contributed by atoms with Crippen LogP contribution in [0.25, 0.3) is 0 Å². The van der Waals surface area contributed by atoms with Crippen LogP contribution in [0.2, 0.25) is 0 Å². The standard InChI is InChI=1S/C4H8Br2.C4H8Br.C4H8O.BrH.2Mg.2H/c5-3-1-2-4-6;1-2-3-4-5;1-2-4-5-3-1;;;;;/h1-4H2;2*1-4H2;1H;;;;/q;-1;;;2*+2;2*-1/p-1. The number of alkyl halides is 3. The first-order valence-electron chi connectivity index (χ1n) is 5.88. The summed E-state index contributed by atoms with van der Waals surface area (Å²) in [6, 6.07) is 0. The van der Waals surface area contributed by atoms with Crippen molar-refractivity contribution >= 4 is 93.9 Å². The van der Waals surface area contributed by atoms with Gasteiger partial charge in [0.2, 0.25) is 0 Å². The van der Waals surface area contributed by atoms with Gasteiger partial charge in [0.15, 0.2) is 0 Å². The average Bonchev–Trinajstić information content (AvgIpc) is 2.87. The Morgan fingerprint density at radius 2 is 1.21 bits per heavy atom. The zero-order chi connectivity index (χ0) is 12.5. The van der Waals surface area contributed by atoms with Gasteiger partial charge < -0.3 is 31.5 Å². The Bertz CT molecular complexity index is 106. The third-order valence-corrected chi connectivity index (χ3v) is 3.41. The molecule has 1 saturated heterocycles. The predicted octanol–water partition coefficient (Wildman–Crippen LogP) is 1.82. The maximum absolute atomic E-state index is 4.94. The summed E-state index contributed by atoms with van der Waals surface area (Å²) in [6.45, 7) is 5.65. The SMILES string of the molecule is BrCCCCBr.C1CCOC1.[Br-].[CH2-]CCCBr.[H-].[H-].[Mg+2].[Mg+2]. The molecule has 1 rings (SSSR count).